The van der Waals surface area contributed by atoms with Gasteiger partial charge in [-0.05, 0) is 52.8 Å². The lowest BCUT2D eigenvalue weighted by Gasteiger charge is -2.36. The normalized spacial score (nSPS) is 17.3. The van der Waals surface area contributed by atoms with E-state index in [0.29, 0.717) is 36.6 Å². The van der Waals surface area contributed by atoms with Crippen molar-refractivity contribution >= 4 is 29.5 Å². The summed E-state index contributed by atoms with van der Waals surface area (Å²) in [4.78, 5) is 39.6. The van der Waals surface area contributed by atoms with Crippen LogP contribution in [0.2, 0.25) is 0 Å². The van der Waals surface area contributed by atoms with Gasteiger partial charge in [0.05, 0.1) is 24.4 Å². The van der Waals surface area contributed by atoms with E-state index in [-0.39, 0.29) is 43.1 Å². The van der Waals surface area contributed by atoms with Gasteiger partial charge in [0.25, 0.3) is 0 Å². The number of pyridine rings is 1. The van der Waals surface area contributed by atoms with E-state index in [4.69, 9.17) is 14.7 Å². The first-order valence-corrected chi connectivity index (χ1v) is 17.0. The highest BCUT2D eigenvalue weighted by molar-refractivity contribution is 7.99. The van der Waals surface area contributed by atoms with E-state index in [0.717, 1.165) is 33.4 Å². The third-order valence-corrected chi connectivity index (χ3v) is 9.33. The van der Waals surface area contributed by atoms with E-state index in [2.05, 4.69) is 10.3 Å². The van der Waals surface area contributed by atoms with Crippen molar-refractivity contribution in [2.24, 2.45) is 0 Å². The van der Waals surface area contributed by atoms with Gasteiger partial charge < -0.3 is 25.0 Å². The van der Waals surface area contributed by atoms with Crippen molar-refractivity contribution in [1.29, 1.82) is 0 Å². The number of carbonyl (C=O) groups excluding carboxylic acids is 2. The van der Waals surface area contributed by atoms with Gasteiger partial charge in [-0.1, -0.05) is 72.8 Å². The fourth-order valence-electron chi connectivity index (χ4n) is 5.55. The van der Waals surface area contributed by atoms with Crippen LogP contribution in [-0.4, -0.2) is 50.0 Å². The quantitative estimate of drug-likeness (QED) is 0.0436. The number of hydrogen-bond donors (Lipinski definition) is 5. The number of nitrogens with zero attached hydrogens (tertiary/aromatic N) is 1. The minimum Gasteiger partial charge on any atom is -0.478 e. The SMILES string of the molecule is O=C(CCCCC(=O)NCc1ccccc1-c1ccc(C2OC(CSc3ncccc3C(=O)O)CC(c3ccc(CO)cc3)O2)cc1)NO. The molecular formula is C37H39N3O8S. The molecule has 0 saturated carbocycles. The van der Waals surface area contributed by atoms with E-state index in [1.807, 2.05) is 72.8 Å². The highest BCUT2D eigenvalue weighted by atomic mass is 32.2. The second-order valence-corrected chi connectivity index (χ2v) is 12.6. The number of rotatable bonds is 15. The zero-order valence-corrected chi connectivity index (χ0v) is 27.6. The molecule has 3 aromatic carbocycles. The number of aromatic carboxylic acids is 1. The Kier molecular flexibility index (Phi) is 12.9. The van der Waals surface area contributed by atoms with Crippen molar-refractivity contribution in [3.05, 3.63) is 119 Å². The van der Waals surface area contributed by atoms with Crippen LogP contribution in [0.15, 0.2) is 96.2 Å². The van der Waals surface area contributed by atoms with Crippen LogP contribution in [0.3, 0.4) is 0 Å². The van der Waals surface area contributed by atoms with Crippen LogP contribution >= 0.6 is 11.8 Å². The van der Waals surface area contributed by atoms with Gasteiger partial charge in [0.15, 0.2) is 6.29 Å². The first kappa shape index (κ1) is 35.7. The standard InChI is InChI=1S/C37H39N3O8S/c41-22-24-11-13-26(14-12-24)32-20-29(23-49-35-31(36(44)45)8-5-19-38-35)47-37(48-32)27-17-15-25(16-18-27)30-7-2-1-6-28(30)21-39-33(42)9-3-4-10-34(43)40-46/h1-2,5-8,11-19,29,32,37,41,46H,3-4,9-10,20-23H2,(H,39,42)(H,40,43)(H,44,45). The van der Waals surface area contributed by atoms with E-state index >= 15 is 0 Å². The number of carboxylic acid groups (broad SMARTS) is 1. The number of aromatic nitrogens is 1. The lowest BCUT2D eigenvalue weighted by atomic mass is 9.97. The fraction of sp³-hybridized carbons (Fsp3) is 0.297. The summed E-state index contributed by atoms with van der Waals surface area (Å²) >= 11 is 1.34. The summed E-state index contributed by atoms with van der Waals surface area (Å²) in [6.45, 7) is 0.292. The number of ether oxygens (including phenoxy) is 2. The number of hydroxylamine groups is 1. The minimum atomic E-state index is -1.03. The van der Waals surface area contributed by atoms with Crippen molar-refractivity contribution in [3.8, 4) is 11.1 Å². The molecule has 0 radical (unpaired) electrons. The van der Waals surface area contributed by atoms with Crippen molar-refractivity contribution in [3.63, 3.8) is 0 Å². The summed E-state index contributed by atoms with van der Waals surface area (Å²) in [5.41, 5.74) is 7.19. The van der Waals surface area contributed by atoms with Crippen LogP contribution in [0.4, 0.5) is 0 Å². The Balaban J connectivity index is 1.28. The molecule has 1 aromatic heterocycles. The number of aliphatic hydroxyl groups excluding tert-OH is 1. The Morgan fingerprint density at radius 2 is 1.57 bits per heavy atom. The molecule has 11 nitrogen and oxygen atoms in total. The minimum absolute atomic E-state index is 0.0535. The topological polar surface area (TPSA) is 167 Å². The van der Waals surface area contributed by atoms with Gasteiger partial charge in [0.2, 0.25) is 11.8 Å². The number of carboxylic acids is 1. The average Bonchev–Trinajstić information content (AvgIpc) is 3.15. The molecule has 0 bridgehead atoms. The van der Waals surface area contributed by atoms with Gasteiger partial charge in [0.1, 0.15) is 5.03 Å². The molecular weight excluding hydrogens is 646 g/mol. The van der Waals surface area contributed by atoms with Crippen molar-refractivity contribution in [2.45, 2.75) is 68.8 Å². The predicted molar refractivity (Wildman–Crippen MR) is 182 cm³/mol. The van der Waals surface area contributed by atoms with Gasteiger partial charge in [-0.15, -0.1) is 11.8 Å². The number of hydrogen-bond acceptors (Lipinski definition) is 9. The van der Waals surface area contributed by atoms with E-state index in [1.54, 1.807) is 17.7 Å². The van der Waals surface area contributed by atoms with Crippen LogP contribution < -0.4 is 10.8 Å². The van der Waals surface area contributed by atoms with Gasteiger partial charge in [-0.25, -0.2) is 15.3 Å². The highest BCUT2D eigenvalue weighted by Gasteiger charge is 2.32. The molecule has 2 amide bonds. The zero-order chi connectivity index (χ0) is 34.6. The van der Waals surface area contributed by atoms with Gasteiger partial charge in [-0.3, -0.25) is 14.8 Å². The number of nitrogens with one attached hydrogen (secondary N) is 2. The first-order valence-electron chi connectivity index (χ1n) is 16.0. The van der Waals surface area contributed by atoms with Crippen molar-refractivity contribution in [1.82, 2.24) is 15.8 Å². The monoisotopic (exact) mass is 685 g/mol. The van der Waals surface area contributed by atoms with E-state index in [1.165, 1.54) is 17.8 Å². The molecule has 0 spiro atoms. The van der Waals surface area contributed by atoms with Crippen molar-refractivity contribution in [2.75, 3.05) is 5.75 Å². The van der Waals surface area contributed by atoms with Crippen LogP contribution in [-0.2, 0) is 32.2 Å². The zero-order valence-electron chi connectivity index (χ0n) is 26.8. The summed E-state index contributed by atoms with van der Waals surface area (Å²) in [6, 6.07) is 26.5. The first-order chi connectivity index (χ1) is 23.8. The van der Waals surface area contributed by atoms with Crippen LogP contribution in [0.1, 0.15) is 77.1 Å². The lowest BCUT2D eigenvalue weighted by Crippen LogP contribution is -2.31. The molecule has 2 heterocycles. The third-order valence-electron chi connectivity index (χ3n) is 8.19. The van der Waals surface area contributed by atoms with E-state index < -0.39 is 18.2 Å². The average molecular weight is 686 g/mol. The third kappa shape index (κ3) is 9.97. The van der Waals surface area contributed by atoms with Crippen LogP contribution in [0.25, 0.3) is 11.1 Å². The molecule has 1 saturated heterocycles. The molecule has 12 heteroatoms. The summed E-state index contributed by atoms with van der Waals surface area (Å²) in [6.07, 6.45) is 2.36. The van der Waals surface area contributed by atoms with Crippen molar-refractivity contribution < 1.29 is 39.3 Å². The van der Waals surface area contributed by atoms with Gasteiger partial charge in [-0.2, -0.15) is 0 Å². The molecule has 49 heavy (non-hydrogen) atoms. The summed E-state index contributed by atoms with van der Waals surface area (Å²) in [7, 11) is 0. The Morgan fingerprint density at radius 3 is 2.29 bits per heavy atom. The smallest absolute Gasteiger partial charge is 0.338 e. The summed E-state index contributed by atoms with van der Waals surface area (Å²) in [5.74, 6) is -1.14. The number of unbranched alkanes of at least 4 members (excludes halogenated alkanes) is 1. The molecule has 5 N–H and O–H groups in total. The number of amides is 2. The summed E-state index contributed by atoms with van der Waals surface area (Å²) in [5, 5.41) is 31.1. The molecule has 3 atom stereocenters. The second kappa shape index (κ2) is 17.7. The maximum absolute atomic E-state index is 12.4. The Labute approximate surface area is 288 Å². The fourth-order valence-corrected chi connectivity index (χ4v) is 6.55. The highest BCUT2D eigenvalue weighted by Crippen LogP contribution is 2.40. The molecule has 5 rings (SSSR count). The number of carbonyl (C=O) groups is 3. The van der Waals surface area contributed by atoms with Crippen LogP contribution in [0, 0.1) is 0 Å². The molecule has 256 valence electrons. The van der Waals surface area contributed by atoms with E-state index in [9.17, 15) is 24.6 Å². The number of benzene rings is 3. The molecule has 1 aliphatic rings. The van der Waals surface area contributed by atoms with Crippen LogP contribution in [0.5, 0.6) is 0 Å². The molecule has 4 aromatic rings. The molecule has 1 fully saturated rings. The molecule has 1 aliphatic heterocycles. The lowest BCUT2D eigenvalue weighted by molar-refractivity contribution is -0.245. The number of aliphatic hydroxyl groups is 1. The Morgan fingerprint density at radius 1 is 0.857 bits per heavy atom. The predicted octanol–water partition coefficient (Wildman–Crippen LogP) is 5.96. The maximum atomic E-state index is 12.4. The molecule has 0 aliphatic carbocycles. The Bertz CT molecular complexity index is 1720. The second-order valence-electron chi connectivity index (χ2n) is 11.6. The maximum Gasteiger partial charge on any atom is 0.338 e. The molecule has 3 unspecified atom stereocenters. The summed E-state index contributed by atoms with van der Waals surface area (Å²) < 4.78 is 12.9. The van der Waals surface area contributed by atoms with Gasteiger partial charge >= 0.3 is 5.97 Å². The Hall–Kier alpha value is -4.59. The largest absolute Gasteiger partial charge is 0.478 e. The van der Waals surface area contributed by atoms with Gasteiger partial charge in [0, 0.05) is 43.3 Å². The number of thioether (sulfide) groups is 1.